The molecule has 2 fully saturated rings. The number of ether oxygens (including phenoxy) is 2. The Morgan fingerprint density at radius 3 is 2.68 bits per heavy atom. The lowest BCUT2D eigenvalue weighted by Gasteiger charge is -2.31. The van der Waals surface area contributed by atoms with Gasteiger partial charge in [-0.2, -0.15) is 0 Å². The lowest BCUT2D eigenvalue weighted by atomic mass is 9.83. The van der Waals surface area contributed by atoms with Crippen LogP contribution in [0.25, 0.3) is 21.5 Å². The Bertz CT molecular complexity index is 1170. The summed E-state index contributed by atoms with van der Waals surface area (Å²) in [4.78, 5) is 25.7. The quantitative estimate of drug-likeness (QED) is 0.353. The highest BCUT2D eigenvalue weighted by atomic mass is 35.5. The summed E-state index contributed by atoms with van der Waals surface area (Å²) in [6.07, 6.45) is 6.48. The van der Waals surface area contributed by atoms with Gasteiger partial charge in [0.15, 0.2) is 0 Å². The second-order valence-corrected chi connectivity index (χ2v) is 10.5. The van der Waals surface area contributed by atoms with Crippen LogP contribution >= 0.6 is 22.9 Å². The third-order valence-electron chi connectivity index (χ3n) is 7.01. The van der Waals surface area contributed by atoms with Gasteiger partial charge in [-0.1, -0.05) is 43.0 Å². The van der Waals surface area contributed by atoms with E-state index in [2.05, 4.69) is 9.88 Å². The third-order valence-corrected chi connectivity index (χ3v) is 8.39. The summed E-state index contributed by atoms with van der Waals surface area (Å²) in [6.45, 7) is 1.92. The molecule has 1 aliphatic heterocycles. The molecule has 1 saturated carbocycles. The molecule has 0 bridgehead atoms. The molecule has 2 unspecified atom stereocenters. The number of fused-ring (bicyclic) bond motifs is 1. The van der Waals surface area contributed by atoms with E-state index in [1.54, 1.807) is 0 Å². The summed E-state index contributed by atoms with van der Waals surface area (Å²) < 4.78 is 14.3. The summed E-state index contributed by atoms with van der Waals surface area (Å²) >= 11 is 7.69. The molecule has 1 saturated heterocycles. The second kappa shape index (κ2) is 10.2. The first-order chi connectivity index (χ1) is 16.6. The van der Waals surface area contributed by atoms with Crippen molar-refractivity contribution in [2.75, 3.05) is 26.8 Å². The van der Waals surface area contributed by atoms with Crippen molar-refractivity contribution in [3.8, 4) is 11.3 Å². The highest BCUT2D eigenvalue weighted by Gasteiger charge is 2.35. The molecule has 0 spiro atoms. The number of thiophene rings is 1. The number of aldehydes is 1. The van der Waals surface area contributed by atoms with Gasteiger partial charge in [0.05, 0.1) is 35.7 Å². The van der Waals surface area contributed by atoms with Crippen LogP contribution in [0.5, 0.6) is 0 Å². The number of esters is 1. The number of halogens is 1. The first-order valence-corrected chi connectivity index (χ1v) is 13.1. The summed E-state index contributed by atoms with van der Waals surface area (Å²) in [5, 5.41) is 4.02. The van der Waals surface area contributed by atoms with Gasteiger partial charge >= 0.3 is 5.97 Å². The lowest BCUT2D eigenvalue weighted by Crippen LogP contribution is -2.44. The molecule has 34 heavy (non-hydrogen) atoms. The van der Waals surface area contributed by atoms with E-state index in [0.717, 1.165) is 47.1 Å². The Balaban J connectivity index is 1.79. The van der Waals surface area contributed by atoms with Crippen LogP contribution in [0.1, 0.15) is 59.3 Å². The zero-order valence-electron chi connectivity index (χ0n) is 19.2. The summed E-state index contributed by atoms with van der Waals surface area (Å²) in [5.74, 6) is 0.0126. The fourth-order valence-electron chi connectivity index (χ4n) is 5.41. The van der Waals surface area contributed by atoms with Crippen LogP contribution in [-0.4, -0.2) is 49.7 Å². The summed E-state index contributed by atoms with van der Waals surface area (Å²) in [7, 11) is 1.40. The average Bonchev–Trinajstić information content (AvgIpc) is 3.44. The van der Waals surface area contributed by atoms with E-state index >= 15 is 0 Å². The van der Waals surface area contributed by atoms with Crippen molar-refractivity contribution in [1.29, 1.82) is 0 Å². The minimum absolute atomic E-state index is 0.298. The molecular formula is C26H29ClN2O4S. The molecule has 8 heteroatoms. The lowest BCUT2D eigenvalue weighted by molar-refractivity contribution is -0.115. The number of benzene rings is 1. The molecule has 3 aromatic rings. The molecule has 180 valence electrons. The zero-order valence-corrected chi connectivity index (χ0v) is 20.8. The van der Waals surface area contributed by atoms with E-state index in [1.807, 2.05) is 30.3 Å². The number of hydrogen-bond donors (Lipinski definition) is 1. The van der Waals surface area contributed by atoms with Crippen LogP contribution in [0, 0.1) is 0 Å². The molecule has 1 aliphatic carbocycles. The van der Waals surface area contributed by atoms with E-state index in [4.69, 9.17) is 21.1 Å². The smallest absolute Gasteiger partial charge is 0.348 e. The van der Waals surface area contributed by atoms with Crippen LogP contribution in [0.3, 0.4) is 0 Å². The third kappa shape index (κ3) is 4.31. The number of carbonyl (C=O) groups excluding carboxylic acids is 2. The van der Waals surface area contributed by atoms with Gasteiger partial charge in [0, 0.05) is 18.1 Å². The predicted molar refractivity (Wildman–Crippen MR) is 135 cm³/mol. The number of nitrogens with one attached hydrogen (secondary N) is 1. The van der Waals surface area contributed by atoms with E-state index in [9.17, 15) is 9.59 Å². The largest absolute Gasteiger partial charge is 0.465 e. The molecule has 0 amide bonds. The van der Waals surface area contributed by atoms with E-state index in [1.165, 1.54) is 43.3 Å². The van der Waals surface area contributed by atoms with Crippen LogP contribution in [0.15, 0.2) is 30.3 Å². The van der Waals surface area contributed by atoms with Gasteiger partial charge < -0.3 is 24.2 Å². The molecule has 0 radical (unpaired) electrons. The highest BCUT2D eigenvalue weighted by Crippen LogP contribution is 2.48. The number of aromatic nitrogens is 1. The predicted octanol–water partition coefficient (Wildman–Crippen LogP) is 5.59. The SMILES string of the molecule is COC(=O)c1cc2c(s1)c(C1CCCCC1)c(-c1ccc(Cl)cc1)n2C(C=O)C1CNCCO1. The zero-order chi connectivity index (χ0) is 23.7. The van der Waals surface area contributed by atoms with Gasteiger partial charge in [0.1, 0.15) is 17.2 Å². The first kappa shape index (κ1) is 23.5. The van der Waals surface area contributed by atoms with Gasteiger partial charge in [0.2, 0.25) is 0 Å². The van der Waals surface area contributed by atoms with E-state index in [0.29, 0.717) is 29.0 Å². The maximum atomic E-state index is 12.6. The van der Waals surface area contributed by atoms with Gasteiger partial charge in [-0.05, 0) is 48.1 Å². The van der Waals surface area contributed by atoms with Gasteiger partial charge in [0.25, 0.3) is 0 Å². The summed E-state index contributed by atoms with van der Waals surface area (Å²) in [5.41, 5.74) is 4.17. The van der Waals surface area contributed by atoms with Crippen molar-refractivity contribution in [2.45, 2.75) is 50.2 Å². The Hall–Kier alpha value is -2.19. The molecule has 1 N–H and O–H groups in total. The molecule has 1 aromatic carbocycles. The molecule has 3 heterocycles. The maximum Gasteiger partial charge on any atom is 0.348 e. The Kier molecular flexibility index (Phi) is 7.06. The van der Waals surface area contributed by atoms with Crippen molar-refractivity contribution < 1.29 is 19.1 Å². The summed E-state index contributed by atoms with van der Waals surface area (Å²) in [6, 6.07) is 9.17. The van der Waals surface area contributed by atoms with Crippen molar-refractivity contribution in [2.24, 2.45) is 0 Å². The Labute approximate surface area is 208 Å². The van der Waals surface area contributed by atoms with Crippen LogP contribution < -0.4 is 5.32 Å². The first-order valence-electron chi connectivity index (χ1n) is 11.9. The number of hydrogen-bond acceptors (Lipinski definition) is 6. The maximum absolute atomic E-state index is 12.6. The van der Waals surface area contributed by atoms with Gasteiger partial charge in [-0.25, -0.2) is 4.79 Å². The van der Waals surface area contributed by atoms with Crippen molar-refractivity contribution in [3.63, 3.8) is 0 Å². The van der Waals surface area contributed by atoms with E-state index < -0.39 is 6.04 Å². The van der Waals surface area contributed by atoms with Crippen LogP contribution in [0.4, 0.5) is 0 Å². The minimum atomic E-state index is -0.529. The average molecular weight is 501 g/mol. The normalized spacial score (nSPS) is 20.4. The number of morpholine rings is 1. The van der Waals surface area contributed by atoms with Gasteiger partial charge in [-0.15, -0.1) is 11.3 Å². The monoisotopic (exact) mass is 500 g/mol. The number of methoxy groups -OCH3 is 1. The number of carbonyl (C=O) groups is 2. The number of nitrogens with zero attached hydrogens (tertiary/aromatic N) is 1. The molecule has 2 atom stereocenters. The van der Waals surface area contributed by atoms with Crippen LogP contribution in [-0.2, 0) is 14.3 Å². The molecule has 5 rings (SSSR count). The number of rotatable bonds is 6. The van der Waals surface area contributed by atoms with Crippen LogP contribution in [0.2, 0.25) is 5.02 Å². The standard InChI is InChI=1S/C26H29ClN2O4S/c1-32-26(31)22-13-19-25(34-22)23(16-5-3-2-4-6-16)24(17-7-9-18(27)10-8-17)29(19)20(15-30)21-14-28-11-12-33-21/h7-10,13,15-16,20-21,28H,2-6,11-12,14H2,1H3. The fourth-order valence-corrected chi connectivity index (χ4v) is 6.73. The molecule has 6 nitrogen and oxygen atoms in total. The fraction of sp³-hybridized carbons (Fsp3) is 0.462. The van der Waals surface area contributed by atoms with E-state index in [-0.39, 0.29) is 12.1 Å². The minimum Gasteiger partial charge on any atom is -0.465 e. The molecule has 2 aliphatic rings. The molecular weight excluding hydrogens is 472 g/mol. The van der Waals surface area contributed by atoms with Crippen molar-refractivity contribution >= 4 is 45.4 Å². The Morgan fingerprint density at radius 1 is 1.26 bits per heavy atom. The Morgan fingerprint density at radius 2 is 2.03 bits per heavy atom. The second-order valence-electron chi connectivity index (χ2n) is 9.03. The van der Waals surface area contributed by atoms with Crippen molar-refractivity contribution in [3.05, 3.63) is 45.8 Å². The highest BCUT2D eigenvalue weighted by molar-refractivity contribution is 7.21. The molecule has 2 aromatic heterocycles. The van der Waals surface area contributed by atoms with Gasteiger partial charge in [-0.3, -0.25) is 0 Å². The van der Waals surface area contributed by atoms with Crippen molar-refractivity contribution in [1.82, 2.24) is 9.88 Å². The topological polar surface area (TPSA) is 69.6 Å².